The Morgan fingerprint density at radius 2 is 2.06 bits per heavy atom. The van der Waals surface area contributed by atoms with E-state index in [2.05, 4.69) is 27.2 Å². The van der Waals surface area contributed by atoms with Crippen molar-refractivity contribution in [3.8, 4) is 0 Å². The fraction of sp³-hybridized carbons (Fsp3) is 0.636. The number of piperidine rings is 1. The van der Waals surface area contributed by atoms with Gasteiger partial charge >= 0.3 is 0 Å². The molecule has 0 radical (unpaired) electrons. The van der Waals surface area contributed by atoms with Crippen molar-refractivity contribution in [2.75, 3.05) is 23.4 Å². The largest absolute Gasteiger partial charge is 0.356 e. The smallest absolute Gasteiger partial charge is 0.148 e. The van der Waals surface area contributed by atoms with Gasteiger partial charge in [0.1, 0.15) is 18.0 Å². The molecule has 0 bridgehead atoms. The van der Waals surface area contributed by atoms with Crippen LogP contribution in [0.25, 0.3) is 0 Å². The summed E-state index contributed by atoms with van der Waals surface area (Å²) in [7, 11) is 0. The highest BCUT2D eigenvalue weighted by Crippen LogP contribution is 2.26. The van der Waals surface area contributed by atoms with Gasteiger partial charge in [0.15, 0.2) is 0 Å². The predicted octanol–water partition coefficient (Wildman–Crippen LogP) is 1.31. The van der Waals surface area contributed by atoms with Gasteiger partial charge in [0.2, 0.25) is 0 Å². The number of hydrogen-bond donors (Lipinski definition) is 2. The van der Waals surface area contributed by atoms with Crippen LogP contribution in [0.3, 0.4) is 0 Å². The molecule has 1 fully saturated rings. The maximum atomic E-state index is 5.41. The Hall–Kier alpha value is -1.36. The molecule has 5 nitrogen and oxygen atoms in total. The number of nitrogens with zero attached hydrogens (tertiary/aromatic N) is 3. The topological polar surface area (TPSA) is 67.1 Å². The first kappa shape index (κ1) is 11.1. The van der Waals surface area contributed by atoms with E-state index in [1.807, 2.05) is 6.92 Å². The Morgan fingerprint density at radius 3 is 2.69 bits per heavy atom. The first-order valence-corrected chi connectivity index (χ1v) is 5.75. The number of anilines is 2. The van der Waals surface area contributed by atoms with Gasteiger partial charge in [-0.3, -0.25) is 0 Å². The molecule has 5 heteroatoms. The molecule has 2 rings (SSSR count). The van der Waals surface area contributed by atoms with Gasteiger partial charge in [-0.25, -0.2) is 15.8 Å². The minimum absolute atomic E-state index is 0.712. The highest BCUT2D eigenvalue weighted by atomic mass is 15.3. The van der Waals surface area contributed by atoms with Crippen LogP contribution in [-0.2, 0) is 0 Å². The quantitative estimate of drug-likeness (QED) is 0.582. The lowest BCUT2D eigenvalue weighted by atomic mass is 9.99. The molecule has 1 aromatic rings. The predicted molar refractivity (Wildman–Crippen MR) is 65.2 cm³/mol. The number of hydrogen-bond acceptors (Lipinski definition) is 5. The summed E-state index contributed by atoms with van der Waals surface area (Å²) in [6, 6.07) is 0. The van der Waals surface area contributed by atoms with E-state index in [0.29, 0.717) is 5.82 Å². The summed E-state index contributed by atoms with van der Waals surface area (Å²) >= 11 is 0. The number of nitrogen functional groups attached to an aromatic ring is 1. The summed E-state index contributed by atoms with van der Waals surface area (Å²) in [6.07, 6.45) is 4.03. The fourth-order valence-electron chi connectivity index (χ4n) is 2.13. The zero-order chi connectivity index (χ0) is 11.5. The van der Waals surface area contributed by atoms with E-state index in [-0.39, 0.29) is 0 Å². The van der Waals surface area contributed by atoms with Crippen LogP contribution in [0.1, 0.15) is 25.3 Å². The Labute approximate surface area is 96.0 Å². The molecule has 0 aromatic carbocycles. The van der Waals surface area contributed by atoms with Gasteiger partial charge in [0, 0.05) is 18.7 Å². The van der Waals surface area contributed by atoms with Crippen molar-refractivity contribution in [1.29, 1.82) is 0 Å². The van der Waals surface area contributed by atoms with E-state index in [4.69, 9.17) is 5.84 Å². The lowest BCUT2D eigenvalue weighted by molar-refractivity contribution is 0.436. The summed E-state index contributed by atoms with van der Waals surface area (Å²) in [5.41, 5.74) is 3.63. The van der Waals surface area contributed by atoms with E-state index in [9.17, 15) is 0 Å². The molecule has 1 aromatic heterocycles. The lowest BCUT2D eigenvalue weighted by Gasteiger charge is -2.32. The number of nitrogens with one attached hydrogen (secondary N) is 1. The highest BCUT2D eigenvalue weighted by molar-refractivity contribution is 5.57. The maximum absolute atomic E-state index is 5.41. The van der Waals surface area contributed by atoms with Crippen LogP contribution in [-0.4, -0.2) is 23.1 Å². The second kappa shape index (κ2) is 4.65. The van der Waals surface area contributed by atoms with Crippen LogP contribution in [0.2, 0.25) is 0 Å². The van der Waals surface area contributed by atoms with Gasteiger partial charge in [-0.2, -0.15) is 0 Å². The van der Waals surface area contributed by atoms with E-state index in [1.54, 1.807) is 6.33 Å². The molecule has 16 heavy (non-hydrogen) atoms. The van der Waals surface area contributed by atoms with Crippen molar-refractivity contribution in [2.45, 2.75) is 26.7 Å². The van der Waals surface area contributed by atoms with E-state index < -0.39 is 0 Å². The standard InChI is InChI=1S/C11H19N5/c1-8-3-5-16(6-4-8)11-9(2)10(15-12)13-7-14-11/h7-8H,3-6,12H2,1-2H3,(H,13,14,15). The van der Waals surface area contributed by atoms with Crippen molar-refractivity contribution >= 4 is 11.6 Å². The summed E-state index contributed by atoms with van der Waals surface area (Å²) in [6.45, 7) is 6.45. The number of rotatable bonds is 2. The zero-order valence-corrected chi connectivity index (χ0v) is 9.90. The second-order valence-electron chi connectivity index (χ2n) is 4.48. The van der Waals surface area contributed by atoms with Crippen LogP contribution < -0.4 is 16.2 Å². The van der Waals surface area contributed by atoms with Crippen LogP contribution in [0, 0.1) is 12.8 Å². The molecule has 1 aliphatic rings. The minimum Gasteiger partial charge on any atom is -0.356 e. The van der Waals surface area contributed by atoms with Crippen molar-refractivity contribution in [3.05, 3.63) is 11.9 Å². The summed E-state index contributed by atoms with van der Waals surface area (Å²) in [5, 5.41) is 0. The molecular weight excluding hydrogens is 202 g/mol. The normalized spacial score (nSPS) is 17.6. The molecule has 3 N–H and O–H groups in total. The lowest BCUT2D eigenvalue weighted by Crippen LogP contribution is -2.34. The monoisotopic (exact) mass is 221 g/mol. The van der Waals surface area contributed by atoms with Gasteiger partial charge in [-0.05, 0) is 25.7 Å². The SMILES string of the molecule is Cc1c(NN)ncnc1N1CCC(C)CC1. The third-order valence-electron chi connectivity index (χ3n) is 3.28. The van der Waals surface area contributed by atoms with Crippen molar-refractivity contribution in [2.24, 2.45) is 11.8 Å². The Bertz CT molecular complexity index is 357. The third-order valence-corrected chi connectivity index (χ3v) is 3.28. The van der Waals surface area contributed by atoms with Crippen LogP contribution in [0.5, 0.6) is 0 Å². The molecule has 1 saturated heterocycles. The van der Waals surface area contributed by atoms with Gasteiger partial charge in [-0.15, -0.1) is 0 Å². The molecule has 0 spiro atoms. The Morgan fingerprint density at radius 1 is 1.38 bits per heavy atom. The minimum atomic E-state index is 0.712. The Kier molecular flexibility index (Phi) is 3.24. The van der Waals surface area contributed by atoms with Crippen molar-refractivity contribution in [1.82, 2.24) is 9.97 Å². The number of hydrazine groups is 1. The molecule has 1 aliphatic heterocycles. The fourth-order valence-corrected chi connectivity index (χ4v) is 2.13. The van der Waals surface area contributed by atoms with Gasteiger partial charge < -0.3 is 10.3 Å². The van der Waals surface area contributed by atoms with Gasteiger partial charge in [0.05, 0.1) is 0 Å². The molecule has 2 heterocycles. The summed E-state index contributed by atoms with van der Waals surface area (Å²) in [5.74, 6) is 7.96. The van der Waals surface area contributed by atoms with E-state index in [0.717, 1.165) is 30.4 Å². The average Bonchev–Trinajstić information content (AvgIpc) is 2.31. The average molecular weight is 221 g/mol. The molecule has 0 unspecified atom stereocenters. The number of nitrogens with two attached hydrogens (primary N) is 1. The van der Waals surface area contributed by atoms with Crippen LogP contribution >= 0.6 is 0 Å². The zero-order valence-electron chi connectivity index (χ0n) is 9.90. The molecule has 0 amide bonds. The molecule has 0 aliphatic carbocycles. The Balaban J connectivity index is 2.20. The summed E-state index contributed by atoms with van der Waals surface area (Å²) < 4.78 is 0. The van der Waals surface area contributed by atoms with E-state index >= 15 is 0 Å². The first-order valence-electron chi connectivity index (χ1n) is 5.75. The van der Waals surface area contributed by atoms with Crippen molar-refractivity contribution < 1.29 is 0 Å². The van der Waals surface area contributed by atoms with Crippen LogP contribution in [0.15, 0.2) is 6.33 Å². The molecule has 0 atom stereocenters. The molecule has 88 valence electrons. The van der Waals surface area contributed by atoms with Gasteiger partial charge in [-0.1, -0.05) is 6.92 Å². The maximum Gasteiger partial charge on any atom is 0.148 e. The van der Waals surface area contributed by atoms with E-state index in [1.165, 1.54) is 12.8 Å². The van der Waals surface area contributed by atoms with Crippen LogP contribution in [0.4, 0.5) is 11.6 Å². The molecular formula is C11H19N5. The highest BCUT2D eigenvalue weighted by Gasteiger charge is 2.19. The molecule has 0 saturated carbocycles. The first-order chi connectivity index (χ1) is 7.72. The van der Waals surface area contributed by atoms with Gasteiger partial charge in [0.25, 0.3) is 0 Å². The second-order valence-corrected chi connectivity index (χ2v) is 4.48. The number of aromatic nitrogens is 2. The summed E-state index contributed by atoms with van der Waals surface area (Å²) in [4.78, 5) is 10.8. The third kappa shape index (κ3) is 2.09. The van der Waals surface area contributed by atoms with Crippen molar-refractivity contribution in [3.63, 3.8) is 0 Å².